The van der Waals surface area contributed by atoms with Gasteiger partial charge in [-0.1, -0.05) is 186 Å². The first-order valence-electron chi connectivity index (χ1n) is 23.7. The monoisotopic (exact) mass is 1040 g/mol. The molecule has 0 amide bonds. The van der Waals surface area contributed by atoms with Crippen LogP contribution in [-0.2, 0) is 21.1 Å². The summed E-state index contributed by atoms with van der Waals surface area (Å²) < 4.78 is 27.6. The largest absolute Gasteiger partial charge is 2.00 e. The van der Waals surface area contributed by atoms with Crippen LogP contribution >= 0.6 is 0 Å². The van der Waals surface area contributed by atoms with Crippen LogP contribution in [0.1, 0.15) is 4.11 Å². The minimum atomic E-state index is -2.34. The SMILES string of the molecule is [2H]C([2H])([2H])N1CN(c2[c-]c(N(c3[c-]c4c(cc3)c3ccccc3n4-c3cc(-c4ccccc4-c4ccccc4)ccn3)c3c(-c4ccccc4)cccc3-c3ccccc3)ccc2)c2ccccc21.[Pt+2]. The summed E-state index contributed by atoms with van der Waals surface area (Å²) in [7, 11) is 0. The van der Waals surface area contributed by atoms with E-state index >= 15 is 0 Å². The Hall–Kier alpha value is -7.98. The van der Waals surface area contributed by atoms with E-state index in [9.17, 15) is 0 Å². The minimum absolute atomic E-state index is 0. The van der Waals surface area contributed by atoms with E-state index in [-0.39, 0.29) is 27.7 Å². The Morgan fingerprint density at radius 3 is 1.76 bits per heavy atom. The maximum Gasteiger partial charge on any atom is 2.00 e. The van der Waals surface area contributed by atoms with E-state index in [1.165, 1.54) is 4.90 Å². The van der Waals surface area contributed by atoms with Crippen LogP contribution in [0.15, 0.2) is 231 Å². The Morgan fingerprint density at radius 2 is 1.06 bits per heavy atom. The Morgan fingerprint density at radius 1 is 0.493 bits per heavy atom. The summed E-state index contributed by atoms with van der Waals surface area (Å²) in [5.41, 5.74) is 15.2. The second-order valence-corrected chi connectivity index (χ2v) is 16.4. The number of fused-ring (bicyclic) bond motifs is 4. The van der Waals surface area contributed by atoms with Crippen molar-refractivity contribution in [3.05, 3.63) is 243 Å². The molecular formula is C61H43N5Pt. The Labute approximate surface area is 409 Å². The van der Waals surface area contributed by atoms with E-state index in [1.54, 1.807) is 0 Å². The van der Waals surface area contributed by atoms with Crippen molar-refractivity contribution >= 4 is 55.9 Å². The maximum absolute atomic E-state index is 8.45. The molecule has 12 rings (SSSR count). The molecule has 0 radical (unpaired) electrons. The second kappa shape index (κ2) is 17.8. The molecule has 3 heterocycles. The summed E-state index contributed by atoms with van der Waals surface area (Å²) in [6, 6.07) is 85.2. The van der Waals surface area contributed by atoms with E-state index in [4.69, 9.17) is 9.10 Å². The average molecular weight is 1040 g/mol. The van der Waals surface area contributed by atoms with E-state index < -0.39 is 6.98 Å². The van der Waals surface area contributed by atoms with Crippen LogP contribution in [0.25, 0.3) is 72.1 Å². The fourth-order valence-electron chi connectivity index (χ4n) is 9.57. The number of nitrogens with zero attached hydrogens (tertiary/aromatic N) is 5. The van der Waals surface area contributed by atoms with Crippen LogP contribution in [0.4, 0.5) is 34.1 Å². The molecule has 0 aliphatic carbocycles. The van der Waals surface area contributed by atoms with E-state index in [2.05, 4.69) is 191 Å². The summed E-state index contributed by atoms with van der Waals surface area (Å²) in [6.07, 6.45) is 1.90. The maximum atomic E-state index is 8.45. The number of anilines is 6. The molecule has 9 aromatic carbocycles. The number of pyridine rings is 1. The van der Waals surface area contributed by atoms with Gasteiger partial charge in [-0.05, 0) is 69.1 Å². The zero-order chi connectivity index (χ0) is 46.5. The average Bonchev–Trinajstić information content (AvgIpc) is 3.97. The molecule has 0 unspecified atom stereocenters. The number of rotatable bonds is 9. The van der Waals surface area contributed by atoms with Crippen molar-refractivity contribution in [2.45, 2.75) is 0 Å². The van der Waals surface area contributed by atoms with Gasteiger partial charge in [0, 0.05) is 33.9 Å². The van der Waals surface area contributed by atoms with Crippen molar-refractivity contribution in [2.24, 2.45) is 0 Å². The first-order chi connectivity index (χ1) is 33.9. The van der Waals surface area contributed by atoms with Gasteiger partial charge in [0.05, 0.1) is 23.7 Å². The predicted octanol–water partition coefficient (Wildman–Crippen LogP) is 15.5. The third kappa shape index (κ3) is 7.48. The van der Waals surface area contributed by atoms with Gasteiger partial charge in [0.25, 0.3) is 0 Å². The minimum Gasteiger partial charge on any atom is -0.357 e. The number of aromatic nitrogens is 2. The van der Waals surface area contributed by atoms with Crippen LogP contribution in [-0.4, -0.2) is 23.2 Å². The fraction of sp³-hybridized carbons (Fsp3) is 0.0328. The molecule has 0 bridgehead atoms. The van der Waals surface area contributed by atoms with Gasteiger partial charge in [-0.25, -0.2) is 4.98 Å². The number of para-hydroxylation sites is 4. The summed E-state index contributed by atoms with van der Waals surface area (Å²) in [5, 5.41) is 2.13. The molecule has 0 saturated heterocycles. The molecule has 322 valence electrons. The number of hydrogen-bond donors (Lipinski definition) is 0. The Kier molecular flexibility index (Phi) is 10.2. The molecule has 67 heavy (non-hydrogen) atoms. The van der Waals surface area contributed by atoms with Gasteiger partial charge in [0.2, 0.25) is 0 Å². The summed E-state index contributed by atoms with van der Waals surface area (Å²) in [6.45, 7) is -2.19. The molecule has 0 atom stereocenters. The van der Waals surface area contributed by atoms with Crippen molar-refractivity contribution in [1.29, 1.82) is 0 Å². The van der Waals surface area contributed by atoms with Crippen molar-refractivity contribution in [2.75, 3.05) is 28.3 Å². The van der Waals surface area contributed by atoms with Crippen LogP contribution in [0, 0.1) is 12.1 Å². The van der Waals surface area contributed by atoms with Gasteiger partial charge in [-0.2, -0.15) is 12.1 Å². The third-order valence-electron chi connectivity index (χ3n) is 12.6. The van der Waals surface area contributed by atoms with Crippen molar-refractivity contribution in [3.63, 3.8) is 0 Å². The van der Waals surface area contributed by atoms with Crippen LogP contribution in [0.5, 0.6) is 0 Å². The molecule has 0 fully saturated rings. The molecule has 11 aromatic rings. The summed E-state index contributed by atoms with van der Waals surface area (Å²) >= 11 is 0. The normalized spacial score (nSPS) is 12.9. The Balaban J connectivity index is 0.00000533. The van der Waals surface area contributed by atoms with Crippen molar-refractivity contribution in [3.8, 4) is 50.3 Å². The molecule has 2 aromatic heterocycles. The standard InChI is InChI=1S/C61H43N5.Pt/c1-63-42-64(58-34-16-15-33-57(58)63)47-25-17-26-48(40-47)65(61-52(44-21-7-3-8-22-44)30-18-31-53(61)45-23-9-4-10-24-45)49-35-36-55-54-29-13-14-32-56(54)66(59(55)41-49)60-39-46(37-38-62-60)51-28-12-11-27-50(51)43-19-5-2-6-20-43;/h2-39H,42H2,1H3;/q-2;+2/i1D3;. The molecule has 0 spiro atoms. The molecule has 1 aliphatic heterocycles. The predicted molar refractivity (Wildman–Crippen MR) is 275 cm³/mol. The van der Waals surface area contributed by atoms with Crippen molar-refractivity contribution < 1.29 is 25.2 Å². The molecule has 0 N–H and O–H groups in total. The first kappa shape index (κ1) is 38.3. The number of hydrogen-bond acceptors (Lipinski definition) is 4. The van der Waals surface area contributed by atoms with E-state index in [1.807, 2.05) is 65.7 Å². The van der Waals surface area contributed by atoms with E-state index in [0.29, 0.717) is 5.69 Å². The molecular weight excluding hydrogens is 998 g/mol. The molecule has 5 nitrogen and oxygen atoms in total. The van der Waals surface area contributed by atoms with Crippen LogP contribution < -0.4 is 14.7 Å². The van der Waals surface area contributed by atoms with E-state index in [0.717, 1.165) is 101 Å². The van der Waals surface area contributed by atoms with Gasteiger partial charge in [-0.3, -0.25) is 0 Å². The fourth-order valence-corrected chi connectivity index (χ4v) is 9.57. The van der Waals surface area contributed by atoms with Crippen LogP contribution in [0.2, 0.25) is 0 Å². The van der Waals surface area contributed by atoms with Gasteiger partial charge < -0.3 is 19.3 Å². The zero-order valence-electron chi connectivity index (χ0n) is 39.2. The van der Waals surface area contributed by atoms with Gasteiger partial charge in [0.15, 0.2) is 0 Å². The van der Waals surface area contributed by atoms with Gasteiger partial charge in [-0.15, -0.1) is 35.7 Å². The second-order valence-electron chi connectivity index (χ2n) is 16.4. The molecule has 6 heteroatoms. The first-order valence-corrected chi connectivity index (χ1v) is 22.2. The third-order valence-corrected chi connectivity index (χ3v) is 12.6. The summed E-state index contributed by atoms with van der Waals surface area (Å²) in [4.78, 5) is 10.8. The number of benzene rings is 9. The quantitative estimate of drug-likeness (QED) is 0.135. The zero-order valence-corrected chi connectivity index (χ0v) is 38.5. The Bertz CT molecular complexity index is 3610. The van der Waals surface area contributed by atoms with Crippen molar-refractivity contribution in [1.82, 2.24) is 9.55 Å². The van der Waals surface area contributed by atoms with Crippen LogP contribution in [0.3, 0.4) is 0 Å². The van der Waals surface area contributed by atoms with Gasteiger partial charge in [0.1, 0.15) is 5.82 Å². The molecule has 0 saturated carbocycles. The molecule has 1 aliphatic rings. The smallest absolute Gasteiger partial charge is 0.357 e. The summed E-state index contributed by atoms with van der Waals surface area (Å²) in [5.74, 6) is 0.774. The van der Waals surface area contributed by atoms with Gasteiger partial charge >= 0.3 is 21.1 Å². The topological polar surface area (TPSA) is 27.5 Å².